The lowest BCUT2D eigenvalue weighted by molar-refractivity contribution is 0.0736. The molecule has 3 heterocycles. The van der Waals surface area contributed by atoms with Crippen molar-refractivity contribution < 1.29 is 14.0 Å². The molecule has 1 saturated heterocycles. The molecule has 1 aliphatic heterocycles. The van der Waals surface area contributed by atoms with Crippen LogP contribution in [-0.2, 0) is 11.2 Å². The van der Waals surface area contributed by atoms with Crippen molar-refractivity contribution in [2.75, 3.05) is 19.8 Å². The van der Waals surface area contributed by atoms with E-state index in [1.54, 1.807) is 6.20 Å². The number of ether oxygens (including phenoxy) is 2. The van der Waals surface area contributed by atoms with Gasteiger partial charge in [0.1, 0.15) is 5.75 Å². The molecule has 0 saturated carbocycles. The Morgan fingerprint density at radius 2 is 2.08 bits per heavy atom. The van der Waals surface area contributed by atoms with Crippen molar-refractivity contribution in [2.45, 2.75) is 18.9 Å². The monoisotopic (exact) mass is 352 g/mol. The Morgan fingerprint density at radius 3 is 2.92 bits per heavy atom. The number of nitrogens with one attached hydrogen (secondary N) is 1. The second-order valence-electron chi connectivity index (χ2n) is 6.05. The smallest absolute Gasteiger partial charge is 0.230 e. The van der Waals surface area contributed by atoms with E-state index in [9.17, 15) is 0 Å². The Kier molecular flexibility index (Phi) is 5.18. The SMILES string of the molecule is c1ccc(Oc2ncccc2-c2noc(CCC3COCCN3)n2)cc1. The number of rotatable bonds is 6. The second-order valence-corrected chi connectivity index (χ2v) is 6.05. The molecule has 1 aliphatic rings. The van der Waals surface area contributed by atoms with Crippen molar-refractivity contribution in [3.63, 3.8) is 0 Å². The van der Waals surface area contributed by atoms with Crippen LogP contribution in [0.4, 0.5) is 0 Å². The topological polar surface area (TPSA) is 82.3 Å². The molecule has 0 amide bonds. The Labute approximate surface area is 151 Å². The molecule has 1 fully saturated rings. The van der Waals surface area contributed by atoms with Gasteiger partial charge in [-0.2, -0.15) is 4.98 Å². The van der Waals surface area contributed by atoms with Gasteiger partial charge >= 0.3 is 0 Å². The first-order valence-corrected chi connectivity index (χ1v) is 8.70. The summed E-state index contributed by atoms with van der Waals surface area (Å²) in [5.41, 5.74) is 0.700. The molecule has 1 aromatic carbocycles. The third kappa shape index (κ3) is 4.07. The van der Waals surface area contributed by atoms with E-state index in [-0.39, 0.29) is 0 Å². The maximum Gasteiger partial charge on any atom is 0.230 e. The summed E-state index contributed by atoms with van der Waals surface area (Å²) in [6, 6.07) is 13.5. The first-order valence-electron chi connectivity index (χ1n) is 8.70. The van der Waals surface area contributed by atoms with Gasteiger partial charge in [-0.25, -0.2) is 4.98 Å². The summed E-state index contributed by atoms with van der Waals surface area (Å²) in [6.07, 6.45) is 3.27. The van der Waals surface area contributed by atoms with Gasteiger partial charge in [0.25, 0.3) is 0 Å². The number of hydrogen-bond acceptors (Lipinski definition) is 7. The molecular weight excluding hydrogens is 332 g/mol. The molecule has 1 unspecified atom stereocenters. The van der Waals surface area contributed by atoms with Gasteiger partial charge in [-0.3, -0.25) is 0 Å². The number of morpholine rings is 1. The summed E-state index contributed by atoms with van der Waals surface area (Å²) in [4.78, 5) is 8.81. The number of pyridine rings is 1. The van der Waals surface area contributed by atoms with Gasteiger partial charge < -0.3 is 19.3 Å². The molecule has 7 nitrogen and oxygen atoms in total. The van der Waals surface area contributed by atoms with Crippen molar-refractivity contribution in [2.24, 2.45) is 0 Å². The predicted molar refractivity (Wildman–Crippen MR) is 95.0 cm³/mol. The summed E-state index contributed by atoms with van der Waals surface area (Å²) in [7, 11) is 0. The Morgan fingerprint density at radius 1 is 1.15 bits per heavy atom. The molecule has 4 rings (SSSR count). The van der Waals surface area contributed by atoms with Crippen LogP contribution in [0.5, 0.6) is 11.6 Å². The number of hydrogen-bond donors (Lipinski definition) is 1. The van der Waals surface area contributed by atoms with E-state index in [0.29, 0.717) is 41.4 Å². The van der Waals surface area contributed by atoms with E-state index in [1.165, 1.54) is 0 Å². The van der Waals surface area contributed by atoms with Gasteiger partial charge in [0, 0.05) is 25.2 Å². The van der Waals surface area contributed by atoms with E-state index < -0.39 is 0 Å². The van der Waals surface area contributed by atoms with Crippen LogP contribution in [0.25, 0.3) is 11.4 Å². The maximum atomic E-state index is 5.87. The zero-order chi connectivity index (χ0) is 17.6. The molecule has 1 N–H and O–H groups in total. The van der Waals surface area contributed by atoms with Gasteiger partial charge in [0.2, 0.25) is 17.6 Å². The molecule has 0 radical (unpaired) electrons. The highest BCUT2D eigenvalue weighted by molar-refractivity contribution is 5.61. The van der Waals surface area contributed by atoms with Crippen molar-refractivity contribution in [3.8, 4) is 23.0 Å². The minimum atomic E-state index is 0.328. The van der Waals surface area contributed by atoms with Crippen molar-refractivity contribution in [3.05, 3.63) is 54.6 Å². The summed E-state index contributed by atoms with van der Waals surface area (Å²) < 4.78 is 16.7. The number of para-hydroxylation sites is 1. The van der Waals surface area contributed by atoms with Crippen molar-refractivity contribution in [1.82, 2.24) is 20.4 Å². The second kappa shape index (κ2) is 8.07. The summed E-state index contributed by atoms with van der Waals surface area (Å²) in [5, 5.41) is 7.51. The van der Waals surface area contributed by atoms with E-state index in [1.807, 2.05) is 42.5 Å². The third-order valence-electron chi connectivity index (χ3n) is 4.14. The summed E-state index contributed by atoms with van der Waals surface area (Å²) >= 11 is 0. The van der Waals surface area contributed by atoms with Crippen molar-refractivity contribution >= 4 is 0 Å². The van der Waals surface area contributed by atoms with Crippen LogP contribution >= 0.6 is 0 Å². The van der Waals surface area contributed by atoms with Crippen molar-refractivity contribution in [1.29, 1.82) is 0 Å². The van der Waals surface area contributed by atoms with Gasteiger partial charge in [0.05, 0.1) is 18.8 Å². The van der Waals surface area contributed by atoms with Crippen LogP contribution in [0.15, 0.2) is 53.2 Å². The fourth-order valence-corrected chi connectivity index (χ4v) is 2.81. The predicted octanol–water partition coefficient (Wildman–Crippen LogP) is 2.84. The zero-order valence-corrected chi connectivity index (χ0v) is 14.3. The number of aryl methyl sites for hydroxylation is 1. The largest absolute Gasteiger partial charge is 0.438 e. The Bertz CT molecular complexity index is 832. The van der Waals surface area contributed by atoms with Crippen LogP contribution in [0.2, 0.25) is 0 Å². The highest BCUT2D eigenvalue weighted by atomic mass is 16.5. The summed E-state index contributed by atoms with van der Waals surface area (Å²) in [5.74, 6) is 2.24. The standard InChI is InChI=1S/C19H20N4O3/c1-2-5-15(6-3-1)25-19-16(7-4-10-21-19)18-22-17(26-23-18)9-8-14-13-24-12-11-20-14/h1-7,10,14,20H,8-9,11-13H2. The van der Waals surface area contributed by atoms with E-state index in [0.717, 1.165) is 26.2 Å². The first-order chi connectivity index (χ1) is 12.9. The lowest BCUT2D eigenvalue weighted by Crippen LogP contribution is -2.41. The third-order valence-corrected chi connectivity index (χ3v) is 4.14. The molecule has 3 aromatic rings. The van der Waals surface area contributed by atoms with Crippen LogP contribution in [0.1, 0.15) is 12.3 Å². The van der Waals surface area contributed by atoms with Gasteiger partial charge in [-0.15, -0.1) is 0 Å². The lowest BCUT2D eigenvalue weighted by Gasteiger charge is -2.22. The molecule has 0 spiro atoms. The lowest BCUT2D eigenvalue weighted by atomic mass is 10.1. The molecule has 2 aromatic heterocycles. The highest BCUT2D eigenvalue weighted by Crippen LogP contribution is 2.29. The number of benzene rings is 1. The Balaban J connectivity index is 1.47. The van der Waals surface area contributed by atoms with Gasteiger partial charge in [-0.1, -0.05) is 23.4 Å². The quantitative estimate of drug-likeness (QED) is 0.730. The van der Waals surface area contributed by atoms with Crippen LogP contribution in [0, 0.1) is 0 Å². The summed E-state index contributed by atoms with van der Waals surface area (Å²) in [6.45, 7) is 2.38. The van der Waals surface area contributed by atoms with E-state index in [2.05, 4.69) is 20.4 Å². The molecule has 26 heavy (non-hydrogen) atoms. The average molecular weight is 352 g/mol. The van der Waals surface area contributed by atoms with Crippen LogP contribution in [-0.4, -0.2) is 40.9 Å². The van der Waals surface area contributed by atoms with Crippen LogP contribution < -0.4 is 10.1 Å². The fourth-order valence-electron chi connectivity index (χ4n) is 2.81. The van der Waals surface area contributed by atoms with Gasteiger partial charge in [0.15, 0.2) is 0 Å². The molecular formula is C19H20N4O3. The van der Waals surface area contributed by atoms with Gasteiger partial charge in [-0.05, 0) is 30.7 Å². The average Bonchev–Trinajstić information content (AvgIpc) is 3.17. The zero-order valence-electron chi connectivity index (χ0n) is 14.3. The molecule has 1 atom stereocenters. The molecule has 7 heteroatoms. The molecule has 0 aliphatic carbocycles. The normalized spacial score (nSPS) is 17.2. The molecule has 0 bridgehead atoms. The van der Waals surface area contributed by atoms with Crippen LogP contribution in [0.3, 0.4) is 0 Å². The van der Waals surface area contributed by atoms with E-state index in [4.69, 9.17) is 14.0 Å². The minimum absolute atomic E-state index is 0.328. The van der Waals surface area contributed by atoms with E-state index >= 15 is 0 Å². The highest BCUT2D eigenvalue weighted by Gasteiger charge is 2.17. The Hall–Kier alpha value is -2.77. The number of aromatic nitrogens is 3. The fraction of sp³-hybridized carbons (Fsp3) is 0.316. The maximum absolute atomic E-state index is 5.87. The number of nitrogens with zero attached hydrogens (tertiary/aromatic N) is 3. The molecule has 134 valence electrons. The minimum Gasteiger partial charge on any atom is -0.438 e. The first kappa shape index (κ1) is 16.7.